The first-order valence-electron chi connectivity index (χ1n) is 11.8. The molecule has 4 heterocycles. The van der Waals surface area contributed by atoms with Crippen LogP contribution in [0.3, 0.4) is 0 Å². The lowest BCUT2D eigenvalue weighted by molar-refractivity contribution is 0.0918. The van der Waals surface area contributed by atoms with E-state index < -0.39 is 0 Å². The Morgan fingerprint density at radius 3 is 2.71 bits per heavy atom. The topological polar surface area (TPSA) is 79.4 Å². The van der Waals surface area contributed by atoms with Crippen molar-refractivity contribution in [3.63, 3.8) is 0 Å². The number of pyridine rings is 2. The molecule has 35 heavy (non-hydrogen) atoms. The fourth-order valence-electron chi connectivity index (χ4n) is 4.78. The number of halogens is 2. The van der Waals surface area contributed by atoms with Gasteiger partial charge in [0.1, 0.15) is 10.9 Å². The van der Waals surface area contributed by atoms with Gasteiger partial charge in [0.05, 0.1) is 28.9 Å². The van der Waals surface area contributed by atoms with E-state index in [9.17, 15) is 4.79 Å². The molecule has 0 bridgehead atoms. The third-order valence-electron chi connectivity index (χ3n) is 6.60. The normalized spacial score (nSPS) is 19.3. The molecule has 0 radical (unpaired) electrons. The van der Waals surface area contributed by atoms with Crippen molar-refractivity contribution in [1.29, 1.82) is 0 Å². The number of fused-ring (bicyclic) bond motifs is 1. The summed E-state index contributed by atoms with van der Waals surface area (Å²) in [6.07, 6.45) is 5.36. The maximum absolute atomic E-state index is 12.5. The van der Waals surface area contributed by atoms with Crippen molar-refractivity contribution >= 4 is 29.1 Å². The van der Waals surface area contributed by atoms with Crippen LogP contribution in [0.15, 0.2) is 54.9 Å². The summed E-state index contributed by atoms with van der Waals surface area (Å²) in [5.74, 6) is 0.607. The van der Waals surface area contributed by atoms with Crippen LogP contribution < -0.4 is 15.4 Å². The van der Waals surface area contributed by atoms with Crippen LogP contribution in [0.25, 0.3) is 0 Å². The molecule has 5 rings (SSSR count). The maximum Gasteiger partial charge on any atom is 0.253 e. The van der Waals surface area contributed by atoms with Gasteiger partial charge in [-0.3, -0.25) is 14.7 Å². The highest BCUT2D eigenvalue weighted by Crippen LogP contribution is 2.37. The molecule has 1 saturated heterocycles. The zero-order valence-electron chi connectivity index (χ0n) is 19.2. The zero-order chi connectivity index (χ0) is 24.2. The number of ether oxygens (including phenoxy) is 1. The van der Waals surface area contributed by atoms with E-state index in [-0.39, 0.29) is 22.1 Å². The number of rotatable bonds is 7. The summed E-state index contributed by atoms with van der Waals surface area (Å²) in [5.41, 5.74) is 3.57. The lowest BCUT2D eigenvalue weighted by Gasteiger charge is -2.38. The molecule has 0 saturated carbocycles. The van der Waals surface area contributed by atoms with Gasteiger partial charge in [0.2, 0.25) is 0 Å². The predicted molar refractivity (Wildman–Crippen MR) is 136 cm³/mol. The van der Waals surface area contributed by atoms with Gasteiger partial charge in [0, 0.05) is 44.5 Å². The van der Waals surface area contributed by atoms with Gasteiger partial charge in [-0.1, -0.05) is 47.5 Å². The molecule has 182 valence electrons. The molecule has 0 aliphatic carbocycles. The fraction of sp³-hybridized carbons (Fsp3) is 0.346. The summed E-state index contributed by atoms with van der Waals surface area (Å²) in [6, 6.07) is 14.5. The first-order chi connectivity index (χ1) is 17.1. The SMILES string of the molecule is O=C(NCc1ccc(CN(C2CCNC2)C2CCOc3cccnc32)cc1)c1ccnc(Cl)c1Cl. The van der Waals surface area contributed by atoms with Crippen molar-refractivity contribution in [1.82, 2.24) is 25.5 Å². The van der Waals surface area contributed by atoms with E-state index >= 15 is 0 Å². The molecule has 1 aromatic carbocycles. The number of nitrogens with zero attached hydrogens (tertiary/aromatic N) is 3. The fourth-order valence-corrected chi connectivity index (χ4v) is 5.13. The monoisotopic (exact) mass is 511 g/mol. The average molecular weight is 512 g/mol. The van der Waals surface area contributed by atoms with Crippen LogP contribution >= 0.6 is 23.2 Å². The number of benzene rings is 1. The van der Waals surface area contributed by atoms with Crippen LogP contribution in [0, 0.1) is 0 Å². The molecule has 2 aromatic heterocycles. The number of carbonyl (C=O) groups is 1. The average Bonchev–Trinajstić information content (AvgIpc) is 3.43. The Labute approximate surface area is 214 Å². The lowest BCUT2D eigenvalue weighted by Crippen LogP contribution is -2.41. The second kappa shape index (κ2) is 10.9. The molecule has 2 N–H and O–H groups in total. The van der Waals surface area contributed by atoms with Crippen LogP contribution in [0.4, 0.5) is 0 Å². The minimum absolute atomic E-state index is 0.119. The van der Waals surface area contributed by atoms with Crippen molar-refractivity contribution in [2.24, 2.45) is 0 Å². The molecule has 0 spiro atoms. The lowest BCUT2D eigenvalue weighted by atomic mass is 10.00. The first-order valence-corrected chi connectivity index (χ1v) is 12.6. The zero-order valence-corrected chi connectivity index (χ0v) is 20.7. The van der Waals surface area contributed by atoms with Crippen molar-refractivity contribution in [2.45, 2.75) is 38.0 Å². The van der Waals surface area contributed by atoms with Crippen molar-refractivity contribution in [3.05, 3.63) is 87.4 Å². The predicted octanol–water partition coefficient (Wildman–Crippen LogP) is 4.40. The Hall–Kier alpha value is -2.71. The molecule has 2 unspecified atom stereocenters. The van der Waals surface area contributed by atoms with Crippen molar-refractivity contribution in [2.75, 3.05) is 19.7 Å². The van der Waals surface area contributed by atoms with Gasteiger partial charge in [-0.05, 0) is 42.3 Å². The molecule has 2 atom stereocenters. The largest absolute Gasteiger partial charge is 0.492 e. The summed E-state index contributed by atoms with van der Waals surface area (Å²) in [6.45, 7) is 3.93. The number of hydrogen-bond acceptors (Lipinski definition) is 6. The van der Waals surface area contributed by atoms with Crippen LogP contribution in [0.5, 0.6) is 5.75 Å². The molecular weight excluding hydrogens is 485 g/mol. The molecule has 2 aliphatic heterocycles. The van der Waals surface area contributed by atoms with E-state index in [1.54, 1.807) is 6.07 Å². The van der Waals surface area contributed by atoms with Gasteiger partial charge >= 0.3 is 0 Å². The van der Waals surface area contributed by atoms with Gasteiger partial charge < -0.3 is 15.4 Å². The molecular formula is C26H27Cl2N5O2. The summed E-state index contributed by atoms with van der Waals surface area (Å²) >= 11 is 12.0. The number of nitrogens with one attached hydrogen (secondary N) is 2. The van der Waals surface area contributed by atoms with Gasteiger partial charge in [-0.25, -0.2) is 4.98 Å². The van der Waals surface area contributed by atoms with Gasteiger partial charge in [-0.2, -0.15) is 0 Å². The molecule has 2 aliphatic rings. The van der Waals surface area contributed by atoms with Crippen LogP contribution in [-0.2, 0) is 13.1 Å². The van der Waals surface area contributed by atoms with Gasteiger partial charge in [0.25, 0.3) is 5.91 Å². The van der Waals surface area contributed by atoms with Crippen LogP contribution in [0.2, 0.25) is 10.2 Å². The maximum atomic E-state index is 12.5. The van der Waals surface area contributed by atoms with Crippen LogP contribution in [0.1, 0.15) is 46.1 Å². The highest BCUT2D eigenvalue weighted by molar-refractivity contribution is 6.43. The van der Waals surface area contributed by atoms with E-state index in [0.717, 1.165) is 49.5 Å². The Bertz CT molecular complexity index is 1180. The molecule has 3 aromatic rings. The van der Waals surface area contributed by atoms with Crippen molar-refractivity contribution in [3.8, 4) is 5.75 Å². The van der Waals surface area contributed by atoms with E-state index in [1.807, 2.05) is 18.3 Å². The summed E-state index contributed by atoms with van der Waals surface area (Å²) in [5, 5.41) is 6.68. The highest BCUT2D eigenvalue weighted by atomic mass is 35.5. The smallest absolute Gasteiger partial charge is 0.253 e. The first kappa shape index (κ1) is 24.0. The van der Waals surface area contributed by atoms with Crippen LogP contribution in [-0.4, -0.2) is 46.5 Å². The second-order valence-electron chi connectivity index (χ2n) is 8.82. The molecule has 7 nitrogen and oxygen atoms in total. The Kier molecular flexibility index (Phi) is 7.48. The summed E-state index contributed by atoms with van der Waals surface area (Å²) < 4.78 is 5.87. The number of aromatic nitrogens is 2. The molecule has 1 fully saturated rings. The summed E-state index contributed by atoms with van der Waals surface area (Å²) in [4.78, 5) is 23.6. The van der Waals surface area contributed by atoms with E-state index in [1.165, 1.54) is 11.8 Å². The van der Waals surface area contributed by atoms with E-state index in [0.29, 0.717) is 24.8 Å². The minimum Gasteiger partial charge on any atom is -0.492 e. The number of amides is 1. The molecule has 9 heteroatoms. The van der Waals surface area contributed by atoms with Gasteiger partial charge in [-0.15, -0.1) is 0 Å². The standard InChI is InChI=1S/C26H27Cl2N5O2/c27-23-20(8-12-31-25(23)28)26(34)32-14-17-3-5-18(6-4-17)16-33(19-7-11-29-15-19)21-9-13-35-22-2-1-10-30-24(21)22/h1-6,8,10,12,19,21,29H,7,9,11,13-16H2,(H,32,34). The summed E-state index contributed by atoms with van der Waals surface area (Å²) in [7, 11) is 0. The quantitative estimate of drug-likeness (QED) is 0.457. The third-order valence-corrected chi connectivity index (χ3v) is 7.37. The number of hydrogen-bond donors (Lipinski definition) is 2. The third kappa shape index (κ3) is 5.43. The minimum atomic E-state index is -0.283. The Balaban J connectivity index is 1.27. The molecule has 1 amide bonds. The van der Waals surface area contributed by atoms with Gasteiger partial charge in [0.15, 0.2) is 0 Å². The second-order valence-corrected chi connectivity index (χ2v) is 9.56. The van der Waals surface area contributed by atoms with E-state index in [4.69, 9.17) is 27.9 Å². The van der Waals surface area contributed by atoms with Crippen molar-refractivity contribution < 1.29 is 9.53 Å². The highest BCUT2D eigenvalue weighted by Gasteiger charge is 2.34. The Morgan fingerprint density at radius 1 is 1.09 bits per heavy atom. The number of carbonyl (C=O) groups excluding carboxylic acids is 1. The van der Waals surface area contributed by atoms with E-state index in [2.05, 4.69) is 49.8 Å². The Morgan fingerprint density at radius 2 is 1.91 bits per heavy atom.